The van der Waals surface area contributed by atoms with Gasteiger partial charge < -0.3 is 14.7 Å². The molecule has 0 aliphatic carbocycles. The minimum Gasteiger partial charge on any atom is -0.507 e. The van der Waals surface area contributed by atoms with E-state index in [-0.39, 0.29) is 34.1 Å². The number of benzene rings is 1. The van der Waals surface area contributed by atoms with Crippen LogP contribution in [0.5, 0.6) is 5.75 Å². The van der Waals surface area contributed by atoms with Crippen LogP contribution in [0, 0.1) is 0 Å². The van der Waals surface area contributed by atoms with Crippen molar-refractivity contribution >= 4 is 35.3 Å². The molecule has 0 spiro atoms. The molecule has 0 unspecified atom stereocenters. The van der Waals surface area contributed by atoms with E-state index in [0.717, 1.165) is 16.7 Å². The van der Waals surface area contributed by atoms with E-state index in [1.54, 1.807) is 13.1 Å². The number of ether oxygens (including phenoxy) is 1. The Kier molecular flexibility index (Phi) is 6.14. The fourth-order valence-corrected chi connectivity index (χ4v) is 3.43. The normalized spacial score (nSPS) is 16.8. The van der Waals surface area contributed by atoms with Crippen LogP contribution in [0.2, 0.25) is 0 Å². The van der Waals surface area contributed by atoms with Gasteiger partial charge in [0.05, 0.1) is 7.11 Å². The maximum Gasteiger partial charge on any atom is 0.325 e. The zero-order valence-corrected chi connectivity index (χ0v) is 19.2. The van der Waals surface area contributed by atoms with E-state index in [2.05, 4.69) is 0 Å². The SMILES string of the molecule is COC(=O)CN1C(=S)N(C)C(=O)C1=Cc1cc(C(C)(C)C)c(O)c(C(C)(C)C)c1. The Balaban J connectivity index is 2.68. The predicted octanol–water partition coefficient (Wildman–Crippen LogP) is 3.56. The topological polar surface area (TPSA) is 70.1 Å². The summed E-state index contributed by atoms with van der Waals surface area (Å²) in [6.07, 6.45) is 1.71. The molecule has 0 bridgehead atoms. The summed E-state index contributed by atoms with van der Waals surface area (Å²) in [5.41, 5.74) is 2.05. The number of phenols is 1. The number of carbonyl (C=O) groups excluding carboxylic acids is 2. The molecule has 7 heteroatoms. The number of phenolic OH excluding ortho intramolecular Hbond substituents is 1. The van der Waals surface area contributed by atoms with E-state index >= 15 is 0 Å². The number of carbonyl (C=O) groups is 2. The molecule has 0 atom stereocenters. The number of methoxy groups -OCH3 is 1. The molecular weight excluding hydrogens is 388 g/mol. The predicted molar refractivity (Wildman–Crippen MR) is 118 cm³/mol. The van der Waals surface area contributed by atoms with Gasteiger partial charge in [-0.15, -0.1) is 0 Å². The summed E-state index contributed by atoms with van der Waals surface area (Å²) in [6, 6.07) is 3.76. The first-order chi connectivity index (χ1) is 13.2. The molecule has 1 aliphatic heterocycles. The highest BCUT2D eigenvalue weighted by Crippen LogP contribution is 2.40. The minimum absolute atomic E-state index is 0.145. The van der Waals surface area contributed by atoms with E-state index in [9.17, 15) is 14.7 Å². The van der Waals surface area contributed by atoms with Gasteiger partial charge in [0.1, 0.15) is 18.0 Å². The van der Waals surface area contributed by atoms with Gasteiger partial charge in [-0.25, -0.2) is 0 Å². The van der Waals surface area contributed by atoms with Crippen molar-refractivity contribution in [2.45, 2.75) is 52.4 Å². The van der Waals surface area contributed by atoms with Crippen molar-refractivity contribution in [2.75, 3.05) is 20.7 Å². The average Bonchev–Trinajstić information content (AvgIpc) is 2.79. The van der Waals surface area contributed by atoms with Gasteiger partial charge in [0, 0.05) is 18.2 Å². The third-order valence-electron chi connectivity index (χ3n) is 4.90. The van der Waals surface area contributed by atoms with Crippen molar-refractivity contribution in [3.63, 3.8) is 0 Å². The van der Waals surface area contributed by atoms with Crippen LogP contribution >= 0.6 is 12.2 Å². The first kappa shape index (κ1) is 22.9. The van der Waals surface area contributed by atoms with Crippen LogP contribution in [0.15, 0.2) is 17.8 Å². The molecule has 1 amide bonds. The third-order valence-corrected chi connectivity index (χ3v) is 5.39. The molecule has 1 aromatic rings. The molecule has 0 aromatic heterocycles. The minimum atomic E-state index is -0.488. The van der Waals surface area contributed by atoms with Crippen molar-refractivity contribution in [2.24, 2.45) is 0 Å². The Morgan fingerprint density at radius 3 is 2.03 bits per heavy atom. The molecule has 2 rings (SSSR count). The van der Waals surface area contributed by atoms with Gasteiger partial charge in [0.25, 0.3) is 5.91 Å². The van der Waals surface area contributed by atoms with Crippen LogP contribution in [0.4, 0.5) is 0 Å². The van der Waals surface area contributed by atoms with Crippen LogP contribution < -0.4 is 0 Å². The lowest BCUT2D eigenvalue weighted by atomic mass is 9.78. The lowest BCUT2D eigenvalue weighted by Gasteiger charge is -2.28. The highest BCUT2D eigenvalue weighted by Gasteiger charge is 2.37. The fraction of sp³-hybridized carbons (Fsp3) is 0.500. The molecular formula is C22H30N2O4S. The number of thiocarbonyl (C=S) groups is 1. The lowest BCUT2D eigenvalue weighted by Crippen LogP contribution is -2.33. The Hall–Kier alpha value is -2.41. The second kappa shape index (κ2) is 7.78. The van der Waals surface area contributed by atoms with Crippen molar-refractivity contribution < 1.29 is 19.4 Å². The molecule has 1 aliphatic rings. The van der Waals surface area contributed by atoms with Gasteiger partial charge in [-0.05, 0) is 46.8 Å². The quantitative estimate of drug-likeness (QED) is 0.460. The number of nitrogens with zero attached hydrogens (tertiary/aromatic N) is 2. The largest absolute Gasteiger partial charge is 0.507 e. The standard InChI is InChI=1S/C22H30N2O4S/c1-21(2,3)14-9-13(10-15(18(14)26)22(4,5)6)11-16-19(27)23(7)20(29)24(16)12-17(25)28-8/h9-11,26H,12H2,1-8H3. The second-order valence-corrected chi connectivity index (χ2v) is 9.67. The summed E-state index contributed by atoms with van der Waals surface area (Å²) in [5.74, 6) is -0.511. The van der Waals surface area contributed by atoms with Crippen LogP contribution in [-0.4, -0.2) is 52.6 Å². The van der Waals surface area contributed by atoms with Crippen LogP contribution in [0.25, 0.3) is 6.08 Å². The number of hydrogen-bond acceptors (Lipinski definition) is 5. The van der Waals surface area contributed by atoms with Crippen molar-refractivity contribution in [3.05, 3.63) is 34.5 Å². The molecule has 1 fully saturated rings. The second-order valence-electron chi connectivity index (χ2n) is 9.30. The number of esters is 1. The third kappa shape index (κ3) is 4.61. The maximum absolute atomic E-state index is 12.8. The highest BCUT2D eigenvalue weighted by molar-refractivity contribution is 7.80. The van der Waals surface area contributed by atoms with E-state index < -0.39 is 5.97 Å². The number of aromatic hydroxyl groups is 1. The Morgan fingerprint density at radius 1 is 1.14 bits per heavy atom. The average molecular weight is 419 g/mol. The summed E-state index contributed by atoms with van der Waals surface area (Å²) in [5, 5.41) is 11.1. The molecule has 0 radical (unpaired) electrons. The van der Waals surface area contributed by atoms with Gasteiger partial charge in [-0.1, -0.05) is 41.5 Å². The maximum atomic E-state index is 12.8. The molecule has 1 saturated heterocycles. The number of rotatable bonds is 3. The van der Waals surface area contributed by atoms with Gasteiger partial charge in [-0.3, -0.25) is 14.5 Å². The van der Waals surface area contributed by atoms with Gasteiger partial charge in [0.15, 0.2) is 5.11 Å². The van der Waals surface area contributed by atoms with Crippen LogP contribution in [0.3, 0.4) is 0 Å². The van der Waals surface area contributed by atoms with Crippen LogP contribution in [-0.2, 0) is 25.2 Å². The first-order valence-corrected chi connectivity index (χ1v) is 9.85. The van der Waals surface area contributed by atoms with Crippen molar-refractivity contribution in [3.8, 4) is 5.75 Å². The van der Waals surface area contributed by atoms with E-state index in [1.165, 1.54) is 16.9 Å². The molecule has 29 heavy (non-hydrogen) atoms. The Bertz CT molecular complexity index is 856. The molecule has 1 heterocycles. The summed E-state index contributed by atoms with van der Waals surface area (Å²) in [7, 11) is 2.87. The van der Waals surface area contributed by atoms with E-state index in [1.807, 2.05) is 53.7 Å². The summed E-state index contributed by atoms with van der Waals surface area (Å²) >= 11 is 5.33. The molecule has 158 valence electrons. The summed E-state index contributed by atoms with van der Waals surface area (Å²) < 4.78 is 4.74. The first-order valence-electron chi connectivity index (χ1n) is 9.44. The number of amides is 1. The smallest absolute Gasteiger partial charge is 0.325 e. The molecule has 6 nitrogen and oxygen atoms in total. The van der Waals surface area contributed by atoms with Gasteiger partial charge in [-0.2, -0.15) is 0 Å². The Labute approximate surface area is 178 Å². The zero-order chi connectivity index (χ0) is 22.3. The van der Waals surface area contributed by atoms with E-state index in [4.69, 9.17) is 17.0 Å². The number of hydrogen-bond donors (Lipinski definition) is 1. The highest BCUT2D eigenvalue weighted by atomic mass is 32.1. The van der Waals surface area contributed by atoms with Gasteiger partial charge >= 0.3 is 5.97 Å². The number of likely N-dealkylation sites (N-methyl/N-ethyl adjacent to an activating group) is 1. The molecule has 1 aromatic carbocycles. The summed E-state index contributed by atoms with van der Waals surface area (Å²) in [6.45, 7) is 12.0. The lowest BCUT2D eigenvalue weighted by molar-refractivity contribution is -0.140. The fourth-order valence-electron chi connectivity index (χ4n) is 3.19. The van der Waals surface area contributed by atoms with E-state index in [0.29, 0.717) is 5.70 Å². The monoisotopic (exact) mass is 418 g/mol. The Morgan fingerprint density at radius 2 is 1.62 bits per heavy atom. The van der Waals surface area contributed by atoms with Crippen molar-refractivity contribution in [1.29, 1.82) is 0 Å². The zero-order valence-electron chi connectivity index (χ0n) is 18.4. The summed E-state index contributed by atoms with van der Waals surface area (Å²) in [4.78, 5) is 27.4. The molecule has 1 N–H and O–H groups in total. The van der Waals surface area contributed by atoms with Crippen molar-refractivity contribution in [1.82, 2.24) is 9.80 Å². The van der Waals surface area contributed by atoms with Gasteiger partial charge in [0.2, 0.25) is 0 Å². The molecule has 0 saturated carbocycles. The van der Waals surface area contributed by atoms with Crippen LogP contribution in [0.1, 0.15) is 58.2 Å².